The monoisotopic (exact) mass is 497 g/mol. The van der Waals surface area contributed by atoms with Crippen LogP contribution in [0.15, 0.2) is 77.4 Å². The van der Waals surface area contributed by atoms with Crippen LogP contribution in [-0.2, 0) is 19.6 Å². The van der Waals surface area contributed by atoms with Crippen LogP contribution in [0.5, 0.6) is 11.5 Å². The van der Waals surface area contributed by atoms with Gasteiger partial charge in [0.05, 0.1) is 12.6 Å². The number of rotatable bonds is 9. The summed E-state index contributed by atoms with van der Waals surface area (Å²) in [6, 6.07) is 22.2. The van der Waals surface area contributed by atoms with Crippen LogP contribution in [-0.4, -0.2) is 22.6 Å². The average Bonchev–Trinajstić information content (AvgIpc) is 3.55. The minimum atomic E-state index is -0.261. The summed E-state index contributed by atoms with van der Waals surface area (Å²) >= 11 is 0. The second-order valence-electron chi connectivity index (χ2n) is 9.50. The Morgan fingerprint density at radius 2 is 1.78 bits per heavy atom. The standard InChI is InChI=1S/C30H31N3O4/c1-20-9-11-25(21(2)13-20)16-33(15-23-10-12-27-28(14-23)37-19-36-27)17-29-32-26(18-35-29)30(34)31-22(3)24-7-5-4-6-8-24/h4-14,18,22H,15-17,19H2,1-3H3,(H,31,34)/t22-/m0/s1. The largest absolute Gasteiger partial charge is 0.454 e. The van der Waals surface area contributed by atoms with Crippen molar-refractivity contribution in [1.29, 1.82) is 0 Å². The van der Waals surface area contributed by atoms with Crippen molar-refractivity contribution in [1.82, 2.24) is 15.2 Å². The molecule has 7 heteroatoms. The number of ether oxygens (including phenoxy) is 2. The molecule has 2 heterocycles. The molecule has 0 saturated carbocycles. The summed E-state index contributed by atoms with van der Waals surface area (Å²) in [6.07, 6.45) is 1.43. The predicted octanol–water partition coefficient (Wildman–Crippen LogP) is 5.71. The first kappa shape index (κ1) is 24.6. The first-order valence-corrected chi connectivity index (χ1v) is 12.4. The van der Waals surface area contributed by atoms with E-state index in [9.17, 15) is 4.79 Å². The van der Waals surface area contributed by atoms with E-state index in [0.717, 1.165) is 22.6 Å². The zero-order valence-corrected chi connectivity index (χ0v) is 21.4. The molecule has 0 unspecified atom stereocenters. The number of nitrogens with zero attached hydrogens (tertiary/aromatic N) is 2. The molecule has 1 aromatic heterocycles. The van der Waals surface area contributed by atoms with E-state index >= 15 is 0 Å². The Morgan fingerprint density at radius 3 is 2.59 bits per heavy atom. The highest BCUT2D eigenvalue weighted by molar-refractivity contribution is 5.92. The van der Waals surface area contributed by atoms with Gasteiger partial charge in [-0.25, -0.2) is 4.98 Å². The lowest BCUT2D eigenvalue weighted by molar-refractivity contribution is 0.0934. The Labute approximate surface area is 217 Å². The van der Waals surface area contributed by atoms with Gasteiger partial charge in [-0.3, -0.25) is 9.69 Å². The molecule has 7 nitrogen and oxygen atoms in total. The molecule has 0 spiro atoms. The molecule has 5 rings (SSSR count). The topological polar surface area (TPSA) is 76.8 Å². The number of nitrogens with one attached hydrogen (secondary N) is 1. The number of aryl methyl sites for hydroxylation is 2. The van der Waals surface area contributed by atoms with Crippen LogP contribution in [0.2, 0.25) is 0 Å². The minimum Gasteiger partial charge on any atom is -0.454 e. The number of oxazole rings is 1. The molecule has 1 aliphatic heterocycles. The molecule has 1 amide bonds. The van der Waals surface area contributed by atoms with Gasteiger partial charge in [0.1, 0.15) is 6.26 Å². The highest BCUT2D eigenvalue weighted by atomic mass is 16.7. The molecule has 0 bridgehead atoms. The number of amides is 1. The highest BCUT2D eigenvalue weighted by Crippen LogP contribution is 2.33. The third-order valence-corrected chi connectivity index (χ3v) is 6.53. The smallest absolute Gasteiger partial charge is 0.273 e. The zero-order chi connectivity index (χ0) is 25.8. The first-order chi connectivity index (χ1) is 17.9. The molecular weight excluding hydrogens is 466 g/mol. The number of hydrogen-bond donors (Lipinski definition) is 1. The maximum Gasteiger partial charge on any atom is 0.273 e. The summed E-state index contributed by atoms with van der Waals surface area (Å²) in [7, 11) is 0. The van der Waals surface area contributed by atoms with Crippen LogP contribution in [0.25, 0.3) is 0 Å². The van der Waals surface area contributed by atoms with E-state index in [-0.39, 0.29) is 24.4 Å². The van der Waals surface area contributed by atoms with Crippen LogP contribution in [0.4, 0.5) is 0 Å². The van der Waals surface area contributed by atoms with Gasteiger partial charge < -0.3 is 19.2 Å². The van der Waals surface area contributed by atoms with Crippen LogP contribution >= 0.6 is 0 Å². The normalized spacial score (nSPS) is 13.1. The summed E-state index contributed by atoms with van der Waals surface area (Å²) < 4.78 is 16.8. The lowest BCUT2D eigenvalue weighted by Gasteiger charge is -2.22. The summed E-state index contributed by atoms with van der Waals surface area (Å²) in [4.78, 5) is 19.6. The van der Waals surface area contributed by atoms with Gasteiger partial charge in [0.15, 0.2) is 17.2 Å². The SMILES string of the molecule is Cc1ccc(CN(Cc2ccc3c(c2)OCO3)Cc2nc(C(=O)N[C@@H](C)c3ccccc3)co2)c(C)c1. The van der Waals surface area contributed by atoms with Gasteiger partial charge in [0, 0.05) is 13.1 Å². The number of hydrogen-bond acceptors (Lipinski definition) is 6. The Hall–Kier alpha value is -4.10. The quantitative estimate of drug-likeness (QED) is 0.319. The van der Waals surface area contributed by atoms with Crippen molar-refractivity contribution in [3.63, 3.8) is 0 Å². The Balaban J connectivity index is 1.31. The number of aromatic nitrogens is 1. The maximum atomic E-state index is 12.8. The maximum absolute atomic E-state index is 12.8. The Kier molecular flexibility index (Phi) is 7.23. The number of fused-ring (bicyclic) bond motifs is 1. The predicted molar refractivity (Wildman–Crippen MR) is 140 cm³/mol. The molecule has 1 atom stereocenters. The molecule has 37 heavy (non-hydrogen) atoms. The molecular formula is C30H31N3O4. The van der Waals surface area contributed by atoms with Crippen LogP contribution in [0.1, 0.15) is 57.2 Å². The van der Waals surface area contributed by atoms with Crippen molar-refractivity contribution in [2.24, 2.45) is 0 Å². The summed E-state index contributed by atoms with van der Waals surface area (Å²) in [6.45, 7) is 8.22. The van der Waals surface area contributed by atoms with E-state index < -0.39 is 0 Å². The first-order valence-electron chi connectivity index (χ1n) is 12.4. The minimum absolute atomic E-state index is 0.138. The third-order valence-electron chi connectivity index (χ3n) is 6.53. The van der Waals surface area contributed by atoms with Gasteiger partial charge in [0.2, 0.25) is 12.7 Å². The van der Waals surface area contributed by atoms with Crippen molar-refractivity contribution < 1.29 is 18.7 Å². The van der Waals surface area contributed by atoms with Crippen molar-refractivity contribution >= 4 is 5.91 Å². The molecule has 190 valence electrons. The number of carbonyl (C=O) groups excluding carboxylic acids is 1. The lowest BCUT2D eigenvalue weighted by atomic mass is 10.0. The Bertz CT molecular complexity index is 1380. The lowest BCUT2D eigenvalue weighted by Crippen LogP contribution is -2.27. The molecule has 0 fully saturated rings. The van der Waals surface area contributed by atoms with E-state index in [1.807, 2.05) is 55.5 Å². The summed E-state index contributed by atoms with van der Waals surface area (Å²) in [5.74, 6) is 1.75. The number of carbonyl (C=O) groups is 1. The highest BCUT2D eigenvalue weighted by Gasteiger charge is 2.19. The molecule has 1 aliphatic rings. The van der Waals surface area contributed by atoms with E-state index in [0.29, 0.717) is 25.5 Å². The molecule has 1 N–H and O–H groups in total. The van der Waals surface area contributed by atoms with Gasteiger partial charge >= 0.3 is 0 Å². The van der Waals surface area contributed by atoms with Crippen molar-refractivity contribution in [3.05, 3.63) is 112 Å². The van der Waals surface area contributed by atoms with Crippen LogP contribution in [0.3, 0.4) is 0 Å². The van der Waals surface area contributed by atoms with Gasteiger partial charge in [-0.05, 0) is 55.2 Å². The zero-order valence-electron chi connectivity index (χ0n) is 21.4. The van der Waals surface area contributed by atoms with Crippen molar-refractivity contribution in [2.75, 3.05) is 6.79 Å². The van der Waals surface area contributed by atoms with E-state index in [2.05, 4.69) is 47.2 Å². The second-order valence-corrected chi connectivity index (χ2v) is 9.50. The Morgan fingerprint density at radius 1 is 0.973 bits per heavy atom. The molecule has 0 radical (unpaired) electrons. The summed E-state index contributed by atoms with van der Waals surface area (Å²) in [5.41, 5.74) is 6.09. The van der Waals surface area contributed by atoms with E-state index in [1.165, 1.54) is 23.0 Å². The van der Waals surface area contributed by atoms with Crippen LogP contribution < -0.4 is 14.8 Å². The van der Waals surface area contributed by atoms with Gasteiger partial charge in [-0.1, -0.05) is 60.2 Å². The fourth-order valence-electron chi connectivity index (χ4n) is 4.50. The van der Waals surface area contributed by atoms with Gasteiger partial charge in [-0.2, -0.15) is 0 Å². The van der Waals surface area contributed by atoms with Crippen molar-refractivity contribution in [3.8, 4) is 11.5 Å². The van der Waals surface area contributed by atoms with E-state index in [1.54, 1.807) is 0 Å². The molecule has 3 aromatic carbocycles. The fourth-order valence-corrected chi connectivity index (χ4v) is 4.50. The van der Waals surface area contributed by atoms with Gasteiger partial charge in [-0.15, -0.1) is 0 Å². The fraction of sp³-hybridized carbons (Fsp3) is 0.267. The third kappa shape index (κ3) is 6.01. The molecule has 0 saturated heterocycles. The van der Waals surface area contributed by atoms with E-state index in [4.69, 9.17) is 13.9 Å². The molecule has 0 aliphatic carbocycles. The molecule has 4 aromatic rings. The summed E-state index contributed by atoms with van der Waals surface area (Å²) in [5, 5.41) is 2.99. The second kappa shape index (κ2) is 10.9. The van der Waals surface area contributed by atoms with Gasteiger partial charge in [0.25, 0.3) is 5.91 Å². The van der Waals surface area contributed by atoms with Crippen molar-refractivity contribution in [2.45, 2.75) is 46.4 Å². The number of benzene rings is 3. The van der Waals surface area contributed by atoms with Crippen LogP contribution in [0, 0.1) is 13.8 Å². The average molecular weight is 498 g/mol.